The number of rotatable bonds is 7. The van der Waals surface area contributed by atoms with Gasteiger partial charge in [-0.3, -0.25) is 14.9 Å². The lowest BCUT2D eigenvalue weighted by Gasteiger charge is -2.06. The fourth-order valence-electron chi connectivity index (χ4n) is 2.35. The summed E-state index contributed by atoms with van der Waals surface area (Å²) in [5.41, 5.74) is 1.44. The summed E-state index contributed by atoms with van der Waals surface area (Å²) in [4.78, 5) is 26.7. The van der Waals surface area contributed by atoms with Crippen molar-refractivity contribution in [3.05, 3.63) is 79.8 Å². The minimum atomic E-state index is -0.564. The Morgan fingerprint density at radius 1 is 1.29 bits per heavy atom. The second-order valence-electron chi connectivity index (χ2n) is 5.98. The Labute approximate surface area is 164 Å². The van der Waals surface area contributed by atoms with Crippen LogP contribution in [0.3, 0.4) is 0 Å². The Hall–Kier alpha value is -3.46. The number of amides is 1. The normalized spacial score (nSPS) is 10.5. The predicted octanol–water partition coefficient (Wildman–Crippen LogP) is 3.57. The molecule has 0 atom stereocenters. The number of nitro groups is 1. The van der Waals surface area contributed by atoms with E-state index < -0.39 is 10.8 Å². The van der Waals surface area contributed by atoms with E-state index in [-0.39, 0.29) is 35.8 Å². The Morgan fingerprint density at radius 2 is 2.04 bits per heavy atom. The van der Waals surface area contributed by atoms with E-state index in [0.717, 1.165) is 5.56 Å². The summed E-state index contributed by atoms with van der Waals surface area (Å²) in [5.74, 6) is 0.146. The molecule has 28 heavy (non-hydrogen) atoms. The number of aromatic hydroxyl groups is 1. The number of aryl methyl sites for hydroxylation is 1. The van der Waals surface area contributed by atoms with Crippen molar-refractivity contribution in [2.45, 2.75) is 20.1 Å². The van der Waals surface area contributed by atoms with Crippen molar-refractivity contribution in [1.29, 1.82) is 0 Å². The highest BCUT2D eigenvalue weighted by molar-refractivity contribution is 7.09. The minimum absolute atomic E-state index is 0.0565. The highest BCUT2D eigenvalue weighted by Crippen LogP contribution is 2.23. The summed E-state index contributed by atoms with van der Waals surface area (Å²) >= 11 is 1.30. The summed E-state index contributed by atoms with van der Waals surface area (Å²) in [6.07, 6.45) is 0. The first-order chi connectivity index (χ1) is 13.4. The van der Waals surface area contributed by atoms with Crippen LogP contribution in [0.5, 0.6) is 11.5 Å². The standard InChI is InChI=1S/C19H17N3O5S/c1-12-2-5-15(6-3-12)27-10-18-21-16(11-28-18)19(24)20-9-13-8-14(22(25)26)4-7-17(13)23/h2-8,11,23H,9-10H2,1H3,(H,20,24). The van der Waals surface area contributed by atoms with Gasteiger partial charge in [0.15, 0.2) is 0 Å². The van der Waals surface area contributed by atoms with Gasteiger partial charge >= 0.3 is 0 Å². The number of non-ortho nitro benzene ring substituents is 1. The van der Waals surface area contributed by atoms with Crippen molar-refractivity contribution in [3.8, 4) is 11.5 Å². The van der Waals surface area contributed by atoms with Crippen LogP contribution in [0.1, 0.15) is 26.6 Å². The van der Waals surface area contributed by atoms with Crippen molar-refractivity contribution >= 4 is 22.9 Å². The zero-order valence-corrected chi connectivity index (χ0v) is 15.7. The molecule has 3 rings (SSSR count). The maximum absolute atomic E-state index is 12.2. The van der Waals surface area contributed by atoms with Crippen LogP contribution in [0, 0.1) is 17.0 Å². The number of hydrogen-bond donors (Lipinski definition) is 2. The molecule has 2 N–H and O–H groups in total. The monoisotopic (exact) mass is 399 g/mol. The molecule has 0 saturated heterocycles. The lowest BCUT2D eigenvalue weighted by Crippen LogP contribution is -2.23. The van der Waals surface area contributed by atoms with Crippen LogP contribution >= 0.6 is 11.3 Å². The third kappa shape index (κ3) is 4.83. The molecule has 0 aliphatic heterocycles. The van der Waals surface area contributed by atoms with Gasteiger partial charge in [0.1, 0.15) is 28.8 Å². The third-order valence-corrected chi connectivity index (χ3v) is 4.70. The van der Waals surface area contributed by atoms with Crippen molar-refractivity contribution in [1.82, 2.24) is 10.3 Å². The molecule has 8 nitrogen and oxygen atoms in total. The predicted molar refractivity (Wildman–Crippen MR) is 104 cm³/mol. The zero-order valence-electron chi connectivity index (χ0n) is 14.9. The summed E-state index contributed by atoms with van der Waals surface area (Å²) < 4.78 is 5.64. The molecule has 0 saturated carbocycles. The van der Waals surface area contributed by atoms with Crippen LogP contribution in [0.25, 0.3) is 0 Å². The molecule has 2 aromatic carbocycles. The van der Waals surface area contributed by atoms with Gasteiger partial charge in [0.2, 0.25) is 0 Å². The number of carbonyl (C=O) groups excluding carboxylic acids is 1. The number of nitro benzene ring substituents is 1. The number of carbonyl (C=O) groups is 1. The van der Waals surface area contributed by atoms with Crippen LogP contribution < -0.4 is 10.1 Å². The molecule has 0 fully saturated rings. The molecule has 1 amide bonds. The number of benzene rings is 2. The van der Waals surface area contributed by atoms with E-state index in [2.05, 4.69) is 10.3 Å². The van der Waals surface area contributed by atoms with Crippen molar-refractivity contribution in [2.75, 3.05) is 0 Å². The summed E-state index contributed by atoms with van der Waals surface area (Å²) in [6, 6.07) is 11.3. The van der Waals surface area contributed by atoms with E-state index in [1.54, 1.807) is 5.38 Å². The Kier molecular flexibility index (Phi) is 5.85. The van der Waals surface area contributed by atoms with Gasteiger partial charge in [-0.15, -0.1) is 11.3 Å². The number of phenols is 1. The zero-order chi connectivity index (χ0) is 20.1. The molecular weight excluding hydrogens is 382 g/mol. The van der Waals surface area contributed by atoms with Gasteiger partial charge in [-0.2, -0.15) is 0 Å². The number of nitrogens with zero attached hydrogens (tertiary/aromatic N) is 2. The van der Waals surface area contributed by atoms with Crippen LogP contribution in [0.2, 0.25) is 0 Å². The van der Waals surface area contributed by atoms with Gasteiger partial charge in [0.25, 0.3) is 11.6 Å². The maximum Gasteiger partial charge on any atom is 0.271 e. The fraction of sp³-hybridized carbons (Fsp3) is 0.158. The molecule has 3 aromatic rings. The van der Waals surface area contributed by atoms with E-state index in [9.17, 15) is 20.0 Å². The first-order valence-corrected chi connectivity index (χ1v) is 9.18. The van der Waals surface area contributed by atoms with E-state index in [1.165, 1.54) is 29.5 Å². The Morgan fingerprint density at radius 3 is 2.75 bits per heavy atom. The second kappa shape index (κ2) is 8.49. The van der Waals surface area contributed by atoms with E-state index in [4.69, 9.17) is 4.74 Å². The lowest BCUT2D eigenvalue weighted by atomic mass is 10.1. The Balaban J connectivity index is 1.57. The molecule has 0 aliphatic carbocycles. The highest BCUT2D eigenvalue weighted by Gasteiger charge is 2.14. The lowest BCUT2D eigenvalue weighted by molar-refractivity contribution is -0.384. The molecule has 1 heterocycles. The SMILES string of the molecule is Cc1ccc(OCc2nc(C(=O)NCc3cc([N+](=O)[O-])ccc3O)cs2)cc1. The van der Waals surface area contributed by atoms with Gasteiger partial charge in [-0.1, -0.05) is 17.7 Å². The maximum atomic E-state index is 12.2. The van der Waals surface area contributed by atoms with Crippen LogP contribution in [0.15, 0.2) is 47.8 Å². The molecule has 144 valence electrons. The molecule has 0 radical (unpaired) electrons. The molecule has 0 spiro atoms. The van der Waals surface area contributed by atoms with Gasteiger partial charge in [0.05, 0.1) is 4.92 Å². The van der Waals surface area contributed by atoms with Gasteiger partial charge in [-0.05, 0) is 25.1 Å². The topological polar surface area (TPSA) is 115 Å². The number of thiazole rings is 1. The van der Waals surface area contributed by atoms with Gasteiger partial charge in [-0.25, -0.2) is 4.98 Å². The van der Waals surface area contributed by atoms with Gasteiger partial charge < -0.3 is 15.2 Å². The number of ether oxygens (including phenoxy) is 1. The largest absolute Gasteiger partial charge is 0.508 e. The summed E-state index contributed by atoms with van der Waals surface area (Å²) in [5, 5.41) is 25.5. The van der Waals surface area contributed by atoms with Gasteiger partial charge in [0, 0.05) is 29.6 Å². The first kappa shape index (κ1) is 19.3. The number of aromatic nitrogens is 1. The third-order valence-electron chi connectivity index (χ3n) is 3.88. The average molecular weight is 399 g/mol. The second-order valence-corrected chi connectivity index (χ2v) is 6.92. The van der Waals surface area contributed by atoms with Crippen molar-refractivity contribution < 1.29 is 19.6 Å². The molecule has 0 unspecified atom stereocenters. The number of hydrogen-bond acceptors (Lipinski definition) is 7. The van der Waals surface area contributed by atoms with E-state index >= 15 is 0 Å². The van der Waals surface area contributed by atoms with E-state index in [1.807, 2.05) is 31.2 Å². The summed E-state index contributed by atoms with van der Waals surface area (Å²) in [6.45, 7) is 2.18. The smallest absolute Gasteiger partial charge is 0.271 e. The Bertz CT molecular complexity index is 1000. The van der Waals surface area contributed by atoms with E-state index in [0.29, 0.717) is 10.8 Å². The number of phenolic OH excluding ortho intramolecular Hbond substituents is 1. The molecular formula is C19H17N3O5S. The first-order valence-electron chi connectivity index (χ1n) is 8.31. The van der Waals surface area contributed by atoms with Crippen LogP contribution in [-0.2, 0) is 13.2 Å². The highest BCUT2D eigenvalue weighted by atomic mass is 32.1. The summed E-state index contributed by atoms with van der Waals surface area (Å²) in [7, 11) is 0. The molecule has 1 aromatic heterocycles. The van der Waals surface area contributed by atoms with Crippen LogP contribution in [0.4, 0.5) is 5.69 Å². The minimum Gasteiger partial charge on any atom is -0.508 e. The average Bonchev–Trinajstić information content (AvgIpc) is 3.15. The fourth-order valence-corrected chi connectivity index (χ4v) is 3.04. The van der Waals surface area contributed by atoms with Crippen LogP contribution in [-0.4, -0.2) is 20.9 Å². The molecule has 9 heteroatoms. The van der Waals surface area contributed by atoms with Crippen molar-refractivity contribution in [3.63, 3.8) is 0 Å². The number of nitrogens with one attached hydrogen (secondary N) is 1. The quantitative estimate of drug-likeness (QED) is 0.464. The van der Waals surface area contributed by atoms with Crippen molar-refractivity contribution in [2.24, 2.45) is 0 Å². The molecule has 0 aliphatic rings. The molecule has 0 bridgehead atoms.